The number of nitrogens with two attached hydrogens (primary N) is 1. The first-order chi connectivity index (χ1) is 4.38. The van der Waals surface area contributed by atoms with Gasteiger partial charge in [0.2, 0.25) is 0 Å². The second-order valence-electron chi connectivity index (χ2n) is 4.14. The van der Waals surface area contributed by atoms with Gasteiger partial charge in [-0.05, 0) is 19.8 Å². The van der Waals surface area contributed by atoms with Gasteiger partial charge in [-0.2, -0.15) is 0 Å². The number of hydrogen-bond donors (Lipinski definition) is 2. The standard InChI is InChI=1S/C8H17NO/c1-7(2)6(9)4-5-8(7,3)10/h6,10H,4-5,9H2,1-3H3/t6-,8-/m0/s1. The van der Waals surface area contributed by atoms with E-state index < -0.39 is 5.60 Å². The van der Waals surface area contributed by atoms with Crippen molar-refractivity contribution in [2.24, 2.45) is 11.1 Å². The van der Waals surface area contributed by atoms with Crippen LogP contribution in [-0.4, -0.2) is 16.7 Å². The molecule has 2 atom stereocenters. The Morgan fingerprint density at radius 2 is 1.90 bits per heavy atom. The summed E-state index contributed by atoms with van der Waals surface area (Å²) in [5.74, 6) is 0. The van der Waals surface area contributed by atoms with Crippen LogP contribution in [0.4, 0.5) is 0 Å². The van der Waals surface area contributed by atoms with E-state index in [1.165, 1.54) is 0 Å². The van der Waals surface area contributed by atoms with Crippen LogP contribution in [0.3, 0.4) is 0 Å². The molecule has 2 nitrogen and oxygen atoms in total. The van der Waals surface area contributed by atoms with Crippen LogP contribution in [0.2, 0.25) is 0 Å². The Hall–Kier alpha value is -0.0800. The molecule has 0 spiro atoms. The smallest absolute Gasteiger partial charge is 0.0685 e. The zero-order chi connectivity index (χ0) is 7.99. The molecule has 0 aromatic heterocycles. The van der Waals surface area contributed by atoms with E-state index in [1.807, 2.05) is 20.8 Å². The van der Waals surface area contributed by atoms with Crippen LogP contribution >= 0.6 is 0 Å². The molecule has 0 bridgehead atoms. The van der Waals surface area contributed by atoms with Crippen LogP contribution in [0.15, 0.2) is 0 Å². The van der Waals surface area contributed by atoms with Crippen LogP contribution in [0.1, 0.15) is 33.6 Å². The molecule has 0 unspecified atom stereocenters. The number of hydrogen-bond acceptors (Lipinski definition) is 2. The molecule has 0 heterocycles. The lowest BCUT2D eigenvalue weighted by Crippen LogP contribution is -2.45. The van der Waals surface area contributed by atoms with Crippen molar-refractivity contribution < 1.29 is 5.11 Å². The Labute approximate surface area is 62.4 Å². The molecule has 1 fully saturated rings. The van der Waals surface area contributed by atoms with Crippen molar-refractivity contribution in [3.8, 4) is 0 Å². The summed E-state index contributed by atoms with van der Waals surface area (Å²) in [6, 6.07) is 0.155. The molecule has 10 heavy (non-hydrogen) atoms. The minimum absolute atomic E-state index is 0.118. The molecule has 1 aliphatic rings. The summed E-state index contributed by atoms with van der Waals surface area (Å²) < 4.78 is 0. The summed E-state index contributed by atoms with van der Waals surface area (Å²) in [6.45, 7) is 5.94. The maximum atomic E-state index is 9.81. The predicted molar refractivity (Wildman–Crippen MR) is 41.6 cm³/mol. The van der Waals surface area contributed by atoms with Gasteiger partial charge in [0.05, 0.1) is 5.60 Å². The first kappa shape index (κ1) is 8.02. The molecule has 2 heteroatoms. The lowest BCUT2D eigenvalue weighted by molar-refractivity contribution is -0.0304. The van der Waals surface area contributed by atoms with E-state index in [0.29, 0.717) is 0 Å². The molecule has 1 aliphatic carbocycles. The molecule has 0 aliphatic heterocycles. The van der Waals surface area contributed by atoms with E-state index >= 15 is 0 Å². The molecule has 0 amide bonds. The van der Waals surface area contributed by atoms with Gasteiger partial charge in [0.15, 0.2) is 0 Å². The summed E-state index contributed by atoms with van der Waals surface area (Å²) in [7, 11) is 0. The summed E-state index contributed by atoms with van der Waals surface area (Å²) in [5, 5.41) is 9.81. The first-order valence-electron chi connectivity index (χ1n) is 3.86. The monoisotopic (exact) mass is 143 g/mol. The molecule has 0 radical (unpaired) electrons. The molecule has 60 valence electrons. The summed E-state index contributed by atoms with van der Waals surface area (Å²) in [4.78, 5) is 0. The second-order valence-corrected chi connectivity index (χ2v) is 4.14. The van der Waals surface area contributed by atoms with Crippen molar-refractivity contribution in [2.75, 3.05) is 0 Å². The van der Waals surface area contributed by atoms with E-state index in [0.717, 1.165) is 12.8 Å². The average molecular weight is 143 g/mol. The third kappa shape index (κ3) is 0.867. The van der Waals surface area contributed by atoms with E-state index in [9.17, 15) is 5.11 Å². The fourth-order valence-electron chi connectivity index (χ4n) is 1.52. The van der Waals surface area contributed by atoms with Crippen LogP contribution in [0.25, 0.3) is 0 Å². The average Bonchev–Trinajstić information content (AvgIpc) is 1.94. The van der Waals surface area contributed by atoms with Crippen LogP contribution < -0.4 is 5.73 Å². The Morgan fingerprint density at radius 3 is 2.00 bits per heavy atom. The zero-order valence-corrected chi connectivity index (χ0v) is 7.02. The van der Waals surface area contributed by atoms with Crippen LogP contribution in [-0.2, 0) is 0 Å². The Morgan fingerprint density at radius 1 is 1.40 bits per heavy atom. The van der Waals surface area contributed by atoms with Gasteiger partial charge in [-0.25, -0.2) is 0 Å². The SMILES string of the molecule is CC1(C)[C@@H](N)CC[C@]1(C)O. The molecular weight excluding hydrogens is 126 g/mol. The molecule has 1 saturated carbocycles. The normalized spacial score (nSPS) is 45.9. The number of aliphatic hydroxyl groups is 1. The van der Waals surface area contributed by atoms with Gasteiger partial charge in [0.1, 0.15) is 0 Å². The summed E-state index contributed by atoms with van der Waals surface area (Å²) in [5.41, 5.74) is 5.15. The second kappa shape index (κ2) is 1.95. The lowest BCUT2D eigenvalue weighted by atomic mass is 9.77. The van der Waals surface area contributed by atoms with Gasteiger partial charge in [-0.15, -0.1) is 0 Å². The number of rotatable bonds is 0. The van der Waals surface area contributed by atoms with Crippen LogP contribution in [0, 0.1) is 5.41 Å². The van der Waals surface area contributed by atoms with Gasteiger partial charge in [-0.3, -0.25) is 0 Å². The van der Waals surface area contributed by atoms with E-state index in [-0.39, 0.29) is 11.5 Å². The van der Waals surface area contributed by atoms with Crippen molar-refractivity contribution >= 4 is 0 Å². The minimum Gasteiger partial charge on any atom is -0.390 e. The third-order valence-electron chi connectivity index (χ3n) is 3.26. The fourth-order valence-corrected chi connectivity index (χ4v) is 1.52. The highest BCUT2D eigenvalue weighted by Crippen LogP contribution is 2.44. The molecule has 0 aromatic rings. The lowest BCUT2D eigenvalue weighted by Gasteiger charge is -2.35. The predicted octanol–water partition coefficient (Wildman–Crippen LogP) is 0.885. The largest absolute Gasteiger partial charge is 0.390 e. The maximum absolute atomic E-state index is 9.81. The third-order valence-corrected chi connectivity index (χ3v) is 3.26. The Kier molecular flexibility index (Phi) is 1.57. The van der Waals surface area contributed by atoms with Gasteiger partial charge >= 0.3 is 0 Å². The van der Waals surface area contributed by atoms with Gasteiger partial charge in [0, 0.05) is 11.5 Å². The Balaban J connectivity index is 2.84. The molecule has 0 saturated heterocycles. The molecule has 0 aromatic carbocycles. The minimum atomic E-state index is -0.563. The first-order valence-corrected chi connectivity index (χ1v) is 3.86. The summed E-state index contributed by atoms with van der Waals surface area (Å²) in [6.07, 6.45) is 1.78. The topological polar surface area (TPSA) is 46.2 Å². The summed E-state index contributed by atoms with van der Waals surface area (Å²) >= 11 is 0. The highest BCUT2D eigenvalue weighted by molar-refractivity contribution is 5.02. The van der Waals surface area contributed by atoms with Crippen molar-refractivity contribution in [2.45, 2.75) is 45.3 Å². The zero-order valence-electron chi connectivity index (χ0n) is 7.02. The Bertz CT molecular complexity index is 140. The van der Waals surface area contributed by atoms with E-state index in [4.69, 9.17) is 5.73 Å². The van der Waals surface area contributed by atoms with Crippen molar-refractivity contribution in [1.29, 1.82) is 0 Å². The highest BCUT2D eigenvalue weighted by atomic mass is 16.3. The quantitative estimate of drug-likeness (QED) is 0.529. The molecule has 1 rings (SSSR count). The van der Waals surface area contributed by atoms with Gasteiger partial charge in [-0.1, -0.05) is 13.8 Å². The van der Waals surface area contributed by atoms with Crippen molar-refractivity contribution in [1.82, 2.24) is 0 Å². The molecule has 3 N–H and O–H groups in total. The highest BCUT2D eigenvalue weighted by Gasteiger charge is 2.48. The van der Waals surface area contributed by atoms with Gasteiger partial charge in [0.25, 0.3) is 0 Å². The van der Waals surface area contributed by atoms with Crippen molar-refractivity contribution in [3.63, 3.8) is 0 Å². The molecular formula is C8H17NO. The van der Waals surface area contributed by atoms with E-state index in [2.05, 4.69) is 0 Å². The van der Waals surface area contributed by atoms with E-state index in [1.54, 1.807) is 0 Å². The van der Waals surface area contributed by atoms with Crippen molar-refractivity contribution in [3.05, 3.63) is 0 Å². The maximum Gasteiger partial charge on any atom is 0.0685 e. The fraction of sp³-hybridized carbons (Fsp3) is 1.00. The van der Waals surface area contributed by atoms with Crippen LogP contribution in [0.5, 0.6) is 0 Å². The van der Waals surface area contributed by atoms with Gasteiger partial charge < -0.3 is 10.8 Å².